The Morgan fingerprint density at radius 2 is 2.26 bits per heavy atom. The van der Waals surface area contributed by atoms with Crippen LogP contribution in [0, 0.1) is 0 Å². The number of thiophene rings is 1. The monoisotopic (exact) mass is 288 g/mol. The fourth-order valence-corrected chi connectivity index (χ4v) is 3.80. The summed E-state index contributed by atoms with van der Waals surface area (Å²) in [5.41, 5.74) is 4.37. The predicted octanol–water partition coefficient (Wildman–Crippen LogP) is 4.45. The minimum absolute atomic E-state index is 0.202. The first-order valence-electron chi connectivity index (χ1n) is 6.47. The summed E-state index contributed by atoms with van der Waals surface area (Å²) < 4.78 is 1.36. The molecule has 2 heterocycles. The molecule has 3 aromatic rings. The summed E-state index contributed by atoms with van der Waals surface area (Å²) >= 11 is 3.46. The highest BCUT2D eigenvalue weighted by Crippen LogP contribution is 2.32. The standard InChI is InChI=1S/C15H16N2S2/c1-2-7-16-14(13-9-18-10-17-13)12-5-3-4-11-6-8-19-15(11)12/h3-6,8-10,14,16H,2,7H2,1H3. The zero-order chi connectivity index (χ0) is 13.1. The van der Waals surface area contributed by atoms with Gasteiger partial charge in [0.15, 0.2) is 0 Å². The average molecular weight is 288 g/mol. The van der Waals surface area contributed by atoms with Crippen LogP contribution >= 0.6 is 22.7 Å². The fourth-order valence-electron chi connectivity index (χ4n) is 2.27. The first kappa shape index (κ1) is 12.8. The molecule has 2 aromatic heterocycles. The number of nitrogens with zero attached hydrogens (tertiary/aromatic N) is 1. The lowest BCUT2D eigenvalue weighted by atomic mass is 10.0. The van der Waals surface area contributed by atoms with Crippen LogP contribution in [0.1, 0.15) is 30.6 Å². The van der Waals surface area contributed by atoms with E-state index in [0.29, 0.717) is 0 Å². The topological polar surface area (TPSA) is 24.9 Å². The van der Waals surface area contributed by atoms with Crippen LogP contribution in [0.25, 0.3) is 10.1 Å². The minimum atomic E-state index is 0.202. The summed E-state index contributed by atoms with van der Waals surface area (Å²) in [5.74, 6) is 0. The van der Waals surface area contributed by atoms with Crippen LogP contribution in [0.4, 0.5) is 0 Å². The SMILES string of the molecule is CCCNC(c1cscn1)c1cccc2ccsc12. The van der Waals surface area contributed by atoms with Gasteiger partial charge in [-0.1, -0.05) is 25.1 Å². The highest BCUT2D eigenvalue weighted by Gasteiger charge is 2.18. The third-order valence-electron chi connectivity index (χ3n) is 3.17. The highest BCUT2D eigenvalue weighted by atomic mass is 32.1. The second-order valence-corrected chi connectivity index (χ2v) is 6.12. The number of nitrogens with one attached hydrogen (secondary N) is 1. The Labute approximate surface area is 121 Å². The van der Waals surface area contributed by atoms with Gasteiger partial charge in [0.2, 0.25) is 0 Å². The van der Waals surface area contributed by atoms with Crippen molar-refractivity contribution in [3.63, 3.8) is 0 Å². The van der Waals surface area contributed by atoms with Crippen molar-refractivity contribution in [1.29, 1.82) is 0 Å². The number of thiazole rings is 1. The Kier molecular flexibility index (Phi) is 3.92. The Morgan fingerprint density at radius 3 is 3.05 bits per heavy atom. The molecule has 0 aliphatic heterocycles. The van der Waals surface area contributed by atoms with E-state index in [0.717, 1.165) is 18.7 Å². The van der Waals surface area contributed by atoms with Crippen molar-refractivity contribution in [3.05, 3.63) is 51.8 Å². The molecule has 3 rings (SSSR count). The summed E-state index contributed by atoms with van der Waals surface area (Å²) in [6.07, 6.45) is 1.13. The van der Waals surface area contributed by atoms with Crippen LogP contribution in [0.15, 0.2) is 40.5 Å². The highest BCUT2D eigenvalue weighted by molar-refractivity contribution is 7.17. The van der Waals surface area contributed by atoms with E-state index in [1.807, 2.05) is 16.8 Å². The quantitative estimate of drug-likeness (QED) is 0.750. The van der Waals surface area contributed by atoms with E-state index in [1.54, 1.807) is 11.3 Å². The van der Waals surface area contributed by atoms with Crippen LogP contribution in [-0.4, -0.2) is 11.5 Å². The van der Waals surface area contributed by atoms with Crippen molar-refractivity contribution in [1.82, 2.24) is 10.3 Å². The molecular formula is C15H16N2S2. The van der Waals surface area contributed by atoms with E-state index in [4.69, 9.17) is 0 Å². The normalized spacial score (nSPS) is 12.9. The molecule has 0 aliphatic carbocycles. The van der Waals surface area contributed by atoms with Crippen LogP contribution in [0.5, 0.6) is 0 Å². The van der Waals surface area contributed by atoms with Crippen molar-refractivity contribution in [3.8, 4) is 0 Å². The van der Waals surface area contributed by atoms with Crippen LogP contribution in [0.3, 0.4) is 0 Å². The summed E-state index contributed by atoms with van der Waals surface area (Å²) in [6.45, 7) is 3.20. The van der Waals surface area contributed by atoms with E-state index < -0.39 is 0 Å². The zero-order valence-electron chi connectivity index (χ0n) is 10.8. The predicted molar refractivity (Wildman–Crippen MR) is 84.1 cm³/mol. The number of hydrogen-bond acceptors (Lipinski definition) is 4. The van der Waals surface area contributed by atoms with Gasteiger partial charge in [0.25, 0.3) is 0 Å². The maximum atomic E-state index is 4.50. The van der Waals surface area contributed by atoms with Crippen LogP contribution < -0.4 is 5.32 Å². The fraction of sp³-hybridized carbons (Fsp3) is 0.267. The van der Waals surface area contributed by atoms with Gasteiger partial charge >= 0.3 is 0 Å². The summed E-state index contributed by atoms with van der Waals surface area (Å²) in [5, 5.41) is 9.24. The van der Waals surface area contributed by atoms with Crippen molar-refractivity contribution < 1.29 is 0 Å². The van der Waals surface area contributed by atoms with Crippen LogP contribution in [-0.2, 0) is 0 Å². The second-order valence-electron chi connectivity index (χ2n) is 4.49. The number of benzene rings is 1. The molecule has 1 atom stereocenters. The molecule has 98 valence electrons. The molecule has 19 heavy (non-hydrogen) atoms. The van der Waals surface area contributed by atoms with Gasteiger partial charge in [0.05, 0.1) is 17.2 Å². The Bertz CT molecular complexity index is 643. The molecule has 2 nitrogen and oxygen atoms in total. The molecule has 0 radical (unpaired) electrons. The van der Waals surface area contributed by atoms with Gasteiger partial charge in [-0.3, -0.25) is 0 Å². The van der Waals surface area contributed by atoms with Crippen molar-refractivity contribution in [2.75, 3.05) is 6.54 Å². The van der Waals surface area contributed by atoms with Crippen molar-refractivity contribution in [2.24, 2.45) is 0 Å². The largest absolute Gasteiger partial charge is 0.305 e. The number of fused-ring (bicyclic) bond motifs is 1. The van der Waals surface area contributed by atoms with E-state index in [1.165, 1.54) is 15.6 Å². The van der Waals surface area contributed by atoms with Gasteiger partial charge in [-0.25, -0.2) is 4.98 Å². The Balaban J connectivity index is 2.06. The third-order valence-corrected chi connectivity index (χ3v) is 4.75. The van der Waals surface area contributed by atoms with Gasteiger partial charge in [0, 0.05) is 10.1 Å². The average Bonchev–Trinajstić information content (AvgIpc) is 3.10. The van der Waals surface area contributed by atoms with Gasteiger partial charge in [-0.15, -0.1) is 22.7 Å². The van der Waals surface area contributed by atoms with E-state index in [-0.39, 0.29) is 6.04 Å². The van der Waals surface area contributed by atoms with E-state index in [9.17, 15) is 0 Å². The Morgan fingerprint density at radius 1 is 1.32 bits per heavy atom. The lowest BCUT2D eigenvalue weighted by molar-refractivity contribution is 0.592. The van der Waals surface area contributed by atoms with Crippen LogP contribution in [0.2, 0.25) is 0 Å². The van der Waals surface area contributed by atoms with Gasteiger partial charge in [-0.05, 0) is 35.4 Å². The van der Waals surface area contributed by atoms with Crippen molar-refractivity contribution in [2.45, 2.75) is 19.4 Å². The molecule has 0 saturated heterocycles. The van der Waals surface area contributed by atoms with Gasteiger partial charge in [-0.2, -0.15) is 0 Å². The third kappa shape index (κ3) is 2.56. The first-order chi connectivity index (χ1) is 9.40. The van der Waals surface area contributed by atoms with E-state index >= 15 is 0 Å². The molecule has 4 heteroatoms. The summed E-state index contributed by atoms with van der Waals surface area (Å²) in [4.78, 5) is 4.50. The molecule has 1 N–H and O–H groups in total. The molecule has 0 spiro atoms. The molecule has 1 unspecified atom stereocenters. The maximum Gasteiger partial charge on any atom is 0.0795 e. The number of rotatable bonds is 5. The first-order valence-corrected chi connectivity index (χ1v) is 8.30. The molecule has 0 aliphatic rings. The smallest absolute Gasteiger partial charge is 0.0795 e. The second kappa shape index (κ2) is 5.82. The summed E-state index contributed by atoms with van der Waals surface area (Å²) in [6, 6.07) is 8.91. The molecule has 0 bridgehead atoms. The van der Waals surface area contributed by atoms with E-state index in [2.05, 4.69) is 52.3 Å². The molecule has 0 saturated carbocycles. The van der Waals surface area contributed by atoms with Crippen molar-refractivity contribution >= 4 is 32.8 Å². The van der Waals surface area contributed by atoms with Gasteiger partial charge < -0.3 is 5.32 Å². The Hall–Kier alpha value is -1.23. The lowest BCUT2D eigenvalue weighted by Crippen LogP contribution is -2.23. The summed E-state index contributed by atoms with van der Waals surface area (Å²) in [7, 11) is 0. The zero-order valence-corrected chi connectivity index (χ0v) is 12.4. The number of hydrogen-bond donors (Lipinski definition) is 1. The molecule has 0 amide bonds. The molecular weight excluding hydrogens is 272 g/mol. The minimum Gasteiger partial charge on any atom is -0.305 e. The number of aromatic nitrogens is 1. The van der Waals surface area contributed by atoms with Gasteiger partial charge in [0.1, 0.15) is 0 Å². The lowest BCUT2D eigenvalue weighted by Gasteiger charge is -2.17. The maximum absolute atomic E-state index is 4.50. The molecule has 0 fully saturated rings. The molecule has 1 aromatic carbocycles.